The van der Waals surface area contributed by atoms with Crippen molar-refractivity contribution in [2.45, 2.75) is 64.7 Å². The molecule has 1 heterocycles. The van der Waals surface area contributed by atoms with Crippen molar-refractivity contribution in [1.29, 1.82) is 0 Å². The third-order valence-electron chi connectivity index (χ3n) is 4.59. The quantitative estimate of drug-likeness (QED) is 0.832. The van der Waals surface area contributed by atoms with Crippen molar-refractivity contribution in [1.82, 2.24) is 9.80 Å². The summed E-state index contributed by atoms with van der Waals surface area (Å²) in [6, 6.07) is 9.61. The Labute approximate surface area is 173 Å². The first-order valence-electron chi connectivity index (χ1n) is 9.99. The fourth-order valence-electron chi connectivity index (χ4n) is 3.38. The maximum absolute atomic E-state index is 12.9. The van der Waals surface area contributed by atoms with E-state index in [0.717, 1.165) is 5.56 Å². The summed E-state index contributed by atoms with van der Waals surface area (Å²) in [4.78, 5) is 28.7. The van der Waals surface area contributed by atoms with Gasteiger partial charge in [-0.1, -0.05) is 30.3 Å². The van der Waals surface area contributed by atoms with Gasteiger partial charge in [-0.2, -0.15) is 0 Å². The molecule has 1 fully saturated rings. The standard InChI is InChI=1S/C22H34N2O5/c1-20(2,3)28-18(26)23-12-13-24(19(27)29-21(4,5)6)22(15-23,16-25)14-17-10-8-7-9-11-17/h7-11,25H,12-16H2,1-6H3. The van der Waals surface area contributed by atoms with Gasteiger partial charge in [0.05, 0.1) is 18.7 Å². The molecule has 7 heteroatoms. The molecular weight excluding hydrogens is 372 g/mol. The van der Waals surface area contributed by atoms with Crippen LogP contribution in [0, 0.1) is 0 Å². The SMILES string of the molecule is CC(C)(C)OC(=O)N1CCN(C(=O)OC(C)(C)C)C(CO)(Cc2ccccc2)C1. The molecule has 2 amide bonds. The summed E-state index contributed by atoms with van der Waals surface area (Å²) >= 11 is 0. The number of carbonyl (C=O) groups excluding carboxylic acids is 2. The van der Waals surface area contributed by atoms with Crippen molar-refractivity contribution in [3.8, 4) is 0 Å². The molecule has 0 radical (unpaired) electrons. The molecule has 1 aromatic rings. The summed E-state index contributed by atoms with van der Waals surface area (Å²) in [5, 5.41) is 10.4. The van der Waals surface area contributed by atoms with Gasteiger partial charge in [0.25, 0.3) is 0 Å². The predicted octanol–water partition coefficient (Wildman–Crippen LogP) is 3.45. The number of aliphatic hydroxyl groups excluding tert-OH is 1. The molecule has 162 valence electrons. The smallest absolute Gasteiger partial charge is 0.410 e. The van der Waals surface area contributed by atoms with E-state index in [9.17, 15) is 14.7 Å². The van der Waals surface area contributed by atoms with Crippen LogP contribution in [0.1, 0.15) is 47.1 Å². The van der Waals surface area contributed by atoms with Gasteiger partial charge in [0.2, 0.25) is 0 Å². The van der Waals surface area contributed by atoms with Crippen LogP contribution in [0.25, 0.3) is 0 Å². The van der Waals surface area contributed by atoms with E-state index in [-0.39, 0.29) is 19.7 Å². The summed E-state index contributed by atoms with van der Waals surface area (Å²) in [7, 11) is 0. The lowest BCUT2D eigenvalue weighted by molar-refractivity contribution is -0.0585. The average molecular weight is 407 g/mol. The van der Waals surface area contributed by atoms with Crippen LogP contribution >= 0.6 is 0 Å². The molecule has 29 heavy (non-hydrogen) atoms. The highest BCUT2D eigenvalue weighted by Crippen LogP contribution is 2.29. The third-order valence-corrected chi connectivity index (χ3v) is 4.59. The maximum Gasteiger partial charge on any atom is 0.410 e. The molecule has 1 N–H and O–H groups in total. The van der Waals surface area contributed by atoms with Crippen LogP contribution in [-0.2, 0) is 15.9 Å². The molecule has 2 rings (SSSR count). The maximum atomic E-state index is 12.9. The van der Waals surface area contributed by atoms with E-state index in [1.165, 1.54) is 0 Å². The zero-order chi connectivity index (χ0) is 21.9. The number of carbonyl (C=O) groups is 2. The molecule has 1 aliphatic heterocycles. The van der Waals surface area contributed by atoms with Crippen LogP contribution in [0.5, 0.6) is 0 Å². The molecule has 0 aliphatic carbocycles. The number of aliphatic hydroxyl groups is 1. The van der Waals surface area contributed by atoms with Gasteiger partial charge in [0.15, 0.2) is 0 Å². The van der Waals surface area contributed by atoms with E-state index in [0.29, 0.717) is 13.0 Å². The Morgan fingerprint density at radius 3 is 2.03 bits per heavy atom. The molecule has 0 spiro atoms. The highest BCUT2D eigenvalue weighted by Gasteiger charge is 2.47. The molecule has 0 aromatic heterocycles. The first-order valence-corrected chi connectivity index (χ1v) is 9.99. The van der Waals surface area contributed by atoms with Gasteiger partial charge < -0.3 is 19.5 Å². The lowest BCUT2D eigenvalue weighted by atomic mass is 9.87. The van der Waals surface area contributed by atoms with E-state index in [4.69, 9.17) is 9.47 Å². The Kier molecular flexibility index (Phi) is 6.83. The van der Waals surface area contributed by atoms with Gasteiger partial charge in [-0.25, -0.2) is 9.59 Å². The summed E-state index contributed by atoms with van der Waals surface area (Å²) in [6.45, 7) is 11.3. The molecular formula is C22H34N2O5. The molecule has 1 atom stereocenters. The summed E-state index contributed by atoms with van der Waals surface area (Å²) in [5.41, 5.74) is -1.33. The molecule has 1 saturated heterocycles. The van der Waals surface area contributed by atoms with Gasteiger partial charge in [0, 0.05) is 13.1 Å². The van der Waals surface area contributed by atoms with Crippen molar-refractivity contribution in [3.63, 3.8) is 0 Å². The number of piperazine rings is 1. The Morgan fingerprint density at radius 2 is 1.52 bits per heavy atom. The van der Waals surface area contributed by atoms with E-state index < -0.39 is 28.9 Å². The van der Waals surface area contributed by atoms with E-state index in [1.807, 2.05) is 51.1 Å². The minimum absolute atomic E-state index is 0.159. The topological polar surface area (TPSA) is 79.3 Å². The Hall–Kier alpha value is -2.28. The average Bonchev–Trinajstić information content (AvgIpc) is 2.59. The van der Waals surface area contributed by atoms with Crippen LogP contribution in [0.3, 0.4) is 0 Å². The van der Waals surface area contributed by atoms with Gasteiger partial charge >= 0.3 is 12.2 Å². The van der Waals surface area contributed by atoms with Crippen molar-refractivity contribution in [3.05, 3.63) is 35.9 Å². The van der Waals surface area contributed by atoms with E-state index in [1.54, 1.807) is 30.6 Å². The number of nitrogens with zero attached hydrogens (tertiary/aromatic N) is 2. The molecule has 1 aliphatic rings. The zero-order valence-electron chi connectivity index (χ0n) is 18.4. The summed E-state index contributed by atoms with van der Waals surface area (Å²) < 4.78 is 11.1. The minimum atomic E-state index is -1.00. The van der Waals surface area contributed by atoms with Crippen LogP contribution in [0.15, 0.2) is 30.3 Å². The number of hydrogen-bond acceptors (Lipinski definition) is 5. The van der Waals surface area contributed by atoms with Gasteiger partial charge in [0.1, 0.15) is 11.2 Å². The largest absolute Gasteiger partial charge is 0.444 e. The number of hydrogen-bond donors (Lipinski definition) is 1. The number of amides is 2. The first kappa shape index (κ1) is 23.0. The van der Waals surface area contributed by atoms with Crippen molar-refractivity contribution in [2.24, 2.45) is 0 Å². The summed E-state index contributed by atoms with van der Waals surface area (Å²) in [5.74, 6) is 0. The zero-order valence-corrected chi connectivity index (χ0v) is 18.4. The monoisotopic (exact) mass is 406 g/mol. The number of benzene rings is 1. The number of rotatable bonds is 3. The first-order chi connectivity index (χ1) is 13.4. The molecule has 0 bridgehead atoms. The van der Waals surface area contributed by atoms with Crippen LogP contribution < -0.4 is 0 Å². The van der Waals surface area contributed by atoms with Crippen LogP contribution in [0.4, 0.5) is 9.59 Å². The minimum Gasteiger partial charge on any atom is -0.444 e. The predicted molar refractivity (Wildman–Crippen MR) is 111 cm³/mol. The van der Waals surface area contributed by atoms with Crippen molar-refractivity contribution in [2.75, 3.05) is 26.2 Å². The Bertz CT molecular complexity index is 708. The van der Waals surface area contributed by atoms with Gasteiger partial charge in [-0.15, -0.1) is 0 Å². The van der Waals surface area contributed by atoms with Gasteiger partial charge in [-0.3, -0.25) is 4.90 Å². The molecule has 7 nitrogen and oxygen atoms in total. The lowest BCUT2D eigenvalue weighted by Crippen LogP contribution is -2.68. The van der Waals surface area contributed by atoms with Crippen molar-refractivity contribution >= 4 is 12.2 Å². The Morgan fingerprint density at radius 1 is 0.966 bits per heavy atom. The van der Waals surface area contributed by atoms with Gasteiger partial charge in [-0.05, 0) is 53.5 Å². The lowest BCUT2D eigenvalue weighted by Gasteiger charge is -2.49. The molecule has 0 saturated carbocycles. The highest BCUT2D eigenvalue weighted by molar-refractivity contribution is 5.72. The fourth-order valence-corrected chi connectivity index (χ4v) is 3.38. The van der Waals surface area contributed by atoms with Crippen molar-refractivity contribution < 1.29 is 24.2 Å². The van der Waals surface area contributed by atoms with E-state index >= 15 is 0 Å². The number of ether oxygens (including phenoxy) is 2. The molecule has 1 unspecified atom stereocenters. The molecule has 1 aromatic carbocycles. The second kappa shape index (κ2) is 8.61. The normalized spacial score (nSPS) is 20.4. The van der Waals surface area contributed by atoms with Crippen LogP contribution in [0.2, 0.25) is 0 Å². The third kappa shape index (κ3) is 6.35. The van der Waals surface area contributed by atoms with E-state index in [2.05, 4.69) is 0 Å². The second-order valence-electron chi connectivity index (χ2n) is 9.58. The fraction of sp³-hybridized carbons (Fsp3) is 0.636. The Balaban J connectivity index is 2.33. The van der Waals surface area contributed by atoms with Crippen LogP contribution in [-0.4, -0.2) is 70.1 Å². The second-order valence-corrected chi connectivity index (χ2v) is 9.58. The highest BCUT2D eigenvalue weighted by atomic mass is 16.6. The summed E-state index contributed by atoms with van der Waals surface area (Å²) in [6.07, 6.45) is -0.554.